The Labute approximate surface area is 146 Å². The van der Waals surface area contributed by atoms with E-state index in [-0.39, 0.29) is 29.6 Å². The van der Waals surface area contributed by atoms with E-state index < -0.39 is 15.0 Å². The normalized spacial score (nSPS) is 11.5. The molecule has 0 unspecified atom stereocenters. The van der Waals surface area contributed by atoms with Crippen LogP contribution in [0.1, 0.15) is 5.69 Å². The van der Waals surface area contributed by atoms with Gasteiger partial charge in [-0.2, -0.15) is 13.5 Å². The van der Waals surface area contributed by atoms with Gasteiger partial charge in [-0.05, 0) is 19.1 Å². The predicted molar refractivity (Wildman–Crippen MR) is 88.3 cm³/mol. The first-order valence-corrected chi connectivity index (χ1v) is 9.44. The minimum atomic E-state index is -4.54. The average molecular weight is 395 g/mol. The Hall–Kier alpha value is -1.48. The van der Waals surface area contributed by atoms with Gasteiger partial charge in [0.25, 0.3) is 10.1 Å². The summed E-state index contributed by atoms with van der Waals surface area (Å²) in [5, 5.41) is 4.15. The molecule has 0 amide bonds. The highest BCUT2D eigenvalue weighted by atomic mass is 32.2. The summed E-state index contributed by atoms with van der Waals surface area (Å²) in [5.74, 6) is 0.380. The fourth-order valence-corrected chi connectivity index (χ4v) is 2.77. The highest BCUT2D eigenvalue weighted by Gasteiger charge is 2.21. The molecule has 13 heteroatoms. The minimum Gasteiger partial charge on any atom is -0.400 e. The molecule has 10 nitrogen and oxygen atoms in total. The van der Waals surface area contributed by atoms with Crippen molar-refractivity contribution in [1.29, 1.82) is 0 Å². The van der Waals surface area contributed by atoms with Gasteiger partial charge in [0, 0.05) is 30.4 Å². The number of aromatic nitrogens is 2. The molecule has 0 spiro atoms. The van der Waals surface area contributed by atoms with Crippen molar-refractivity contribution in [1.82, 2.24) is 9.78 Å². The molecule has 0 saturated carbocycles. The summed E-state index contributed by atoms with van der Waals surface area (Å²) < 4.78 is 52.1. The number of hydrogen-bond donors (Lipinski definition) is 3. The molecule has 3 N–H and O–H groups in total. The second-order valence-electron chi connectivity index (χ2n) is 4.27. The van der Waals surface area contributed by atoms with Crippen LogP contribution in [0.2, 0.25) is 0 Å². The minimum absolute atomic E-state index is 0.0209. The Morgan fingerprint density at radius 2 is 2.08 bits per heavy atom. The lowest BCUT2D eigenvalue weighted by Gasteiger charge is -2.12. The van der Waals surface area contributed by atoms with Gasteiger partial charge in [-0.15, -0.1) is 9.32 Å². The van der Waals surface area contributed by atoms with Gasteiger partial charge in [0.05, 0.1) is 11.4 Å². The maximum Gasteiger partial charge on any atom is 0.296 e. The van der Waals surface area contributed by atoms with Gasteiger partial charge in [-0.3, -0.25) is 9.11 Å². The van der Waals surface area contributed by atoms with Gasteiger partial charge in [0.15, 0.2) is 5.82 Å². The Kier molecular flexibility index (Phi) is 6.34. The molecular weight excluding hydrogens is 382 g/mol. The Bertz CT molecular complexity index is 809. The molecule has 0 aliphatic heterocycles. The van der Waals surface area contributed by atoms with E-state index in [1.54, 1.807) is 19.2 Å². The zero-order valence-electron chi connectivity index (χ0n) is 12.4. The molecular formula is C11H13N3O7S3. The number of rotatable bonds is 8. The molecule has 0 aliphatic carbocycles. The largest absolute Gasteiger partial charge is 0.400 e. The van der Waals surface area contributed by atoms with E-state index in [9.17, 15) is 13.0 Å². The molecule has 1 heterocycles. The van der Waals surface area contributed by atoms with Crippen molar-refractivity contribution in [3.8, 4) is 11.4 Å². The maximum atomic E-state index is 11.6. The molecule has 0 radical (unpaired) electrons. The fraction of sp³-hybridized carbons (Fsp3) is 0.182. The van der Waals surface area contributed by atoms with Crippen molar-refractivity contribution in [2.45, 2.75) is 11.8 Å². The summed E-state index contributed by atoms with van der Waals surface area (Å²) in [6.45, 7) is 1.67. The second kappa shape index (κ2) is 8.06. The van der Waals surface area contributed by atoms with Crippen LogP contribution in [0.15, 0.2) is 29.2 Å². The van der Waals surface area contributed by atoms with Crippen LogP contribution >= 0.6 is 24.4 Å². The molecule has 24 heavy (non-hydrogen) atoms. The Balaban J connectivity index is 2.55. The third-order valence-corrected chi connectivity index (χ3v) is 4.02. The van der Waals surface area contributed by atoms with Gasteiger partial charge in [0.1, 0.15) is 10.6 Å². The van der Waals surface area contributed by atoms with Crippen LogP contribution in [0.5, 0.6) is 5.75 Å². The summed E-state index contributed by atoms with van der Waals surface area (Å²) >= 11 is 1.04. The lowest BCUT2D eigenvalue weighted by Crippen LogP contribution is -2.11. The molecule has 2 aromatic rings. The highest BCUT2D eigenvalue weighted by Crippen LogP contribution is 2.29. The Morgan fingerprint density at radius 1 is 1.33 bits per heavy atom. The second-order valence-corrected chi connectivity index (χ2v) is 6.44. The SMILES string of the molecule is CSOONc1cc(C)nn1-c1cc(OSO)ccc1S(=O)(=O)O. The molecule has 2 rings (SSSR count). The monoisotopic (exact) mass is 395 g/mol. The number of anilines is 1. The average Bonchev–Trinajstić information content (AvgIpc) is 2.87. The van der Waals surface area contributed by atoms with E-state index in [1.165, 1.54) is 16.8 Å². The summed E-state index contributed by atoms with van der Waals surface area (Å²) in [4.78, 5) is 4.30. The molecule has 0 bridgehead atoms. The van der Waals surface area contributed by atoms with Crippen LogP contribution in [0.3, 0.4) is 0 Å². The van der Waals surface area contributed by atoms with Crippen molar-refractivity contribution in [2.75, 3.05) is 11.7 Å². The predicted octanol–water partition coefficient (Wildman–Crippen LogP) is 2.48. The topological polar surface area (TPSA) is 132 Å². The quantitative estimate of drug-likeness (QED) is 0.200. The molecule has 132 valence electrons. The van der Waals surface area contributed by atoms with Gasteiger partial charge in [-0.1, -0.05) is 0 Å². The lowest BCUT2D eigenvalue weighted by atomic mass is 10.3. The zero-order chi connectivity index (χ0) is 17.7. The van der Waals surface area contributed by atoms with Gasteiger partial charge in [-0.25, -0.2) is 10.2 Å². The zero-order valence-corrected chi connectivity index (χ0v) is 14.8. The van der Waals surface area contributed by atoms with Gasteiger partial charge in [0.2, 0.25) is 12.3 Å². The molecule has 0 aliphatic rings. The Morgan fingerprint density at radius 3 is 2.71 bits per heavy atom. The summed E-state index contributed by atoms with van der Waals surface area (Å²) in [5.41, 5.74) is 2.96. The lowest BCUT2D eigenvalue weighted by molar-refractivity contribution is -0.161. The van der Waals surface area contributed by atoms with Crippen LogP contribution in [0.4, 0.5) is 5.82 Å². The van der Waals surface area contributed by atoms with Gasteiger partial charge >= 0.3 is 0 Å². The number of hydrogen-bond acceptors (Lipinski definition) is 10. The summed E-state index contributed by atoms with van der Waals surface area (Å²) in [7, 11) is -4.54. The highest BCUT2D eigenvalue weighted by molar-refractivity contribution is 7.93. The van der Waals surface area contributed by atoms with E-state index in [0.717, 1.165) is 18.1 Å². The van der Waals surface area contributed by atoms with Crippen molar-refractivity contribution in [2.24, 2.45) is 0 Å². The number of nitrogens with one attached hydrogen (secondary N) is 1. The van der Waals surface area contributed by atoms with E-state index >= 15 is 0 Å². The molecule has 1 aromatic heterocycles. The number of aryl methyl sites for hydroxylation is 1. The molecule has 0 fully saturated rings. The van der Waals surface area contributed by atoms with E-state index in [1.807, 2.05) is 0 Å². The van der Waals surface area contributed by atoms with Crippen LogP contribution in [-0.2, 0) is 19.4 Å². The van der Waals surface area contributed by atoms with Crippen LogP contribution in [-0.4, -0.2) is 33.6 Å². The standard InChI is InChI=1S/C11H13N3O7S3/c1-7-5-11(13-20-21-22-2)14(12-7)9-6-8(19-23-15)3-4-10(9)24(16,17)18/h3-6,13,15H,1-2H3,(H,16,17,18). The smallest absolute Gasteiger partial charge is 0.296 e. The number of nitrogens with zero attached hydrogens (tertiary/aromatic N) is 2. The van der Waals surface area contributed by atoms with Crippen LogP contribution in [0.25, 0.3) is 5.69 Å². The fourth-order valence-electron chi connectivity index (χ4n) is 1.83. The first kappa shape index (κ1) is 18.9. The van der Waals surface area contributed by atoms with Crippen LogP contribution in [0, 0.1) is 6.92 Å². The van der Waals surface area contributed by atoms with Gasteiger partial charge < -0.3 is 4.18 Å². The molecule has 0 atom stereocenters. The first-order valence-electron chi connectivity index (χ1n) is 6.16. The third-order valence-electron chi connectivity index (χ3n) is 2.65. The van der Waals surface area contributed by atoms with E-state index in [0.29, 0.717) is 5.69 Å². The first-order chi connectivity index (χ1) is 11.4. The molecule has 0 saturated heterocycles. The number of benzene rings is 1. The van der Waals surface area contributed by atoms with Crippen LogP contribution < -0.4 is 9.66 Å². The van der Waals surface area contributed by atoms with Crippen molar-refractivity contribution >= 4 is 40.3 Å². The van der Waals surface area contributed by atoms with Crippen molar-refractivity contribution in [3.05, 3.63) is 30.0 Å². The third kappa shape index (κ3) is 4.54. The van der Waals surface area contributed by atoms with Crippen molar-refractivity contribution < 1.29 is 31.0 Å². The van der Waals surface area contributed by atoms with E-state index in [2.05, 4.69) is 14.9 Å². The maximum absolute atomic E-state index is 11.6. The van der Waals surface area contributed by atoms with Crippen molar-refractivity contribution in [3.63, 3.8) is 0 Å². The summed E-state index contributed by atoms with van der Waals surface area (Å²) in [6, 6.07) is 5.23. The van der Waals surface area contributed by atoms with E-state index in [4.69, 9.17) is 13.7 Å². The summed E-state index contributed by atoms with van der Waals surface area (Å²) in [6.07, 6.45) is 1.63. The molecule has 1 aromatic carbocycles.